The first-order chi connectivity index (χ1) is 9.24. The van der Waals surface area contributed by atoms with Crippen LogP contribution >= 0.6 is 0 Å². The van der Waals surface area contributed by atoms with E-state index in [4.69, 9.17) is 4.74 Å². The van der Waals surface area contributed by atoms with Crippen LogP contribution in [-0.2, 0) is 19.1 Å². The van der Waals surface area contributed by atoms with Gasteiger partial charge in [0.2, 0.25) is 0 Å². The Balaban J connectivity index is 1.84. The van der Waals surface area contributed by atoms with E-state index in [9.17, 15) is 9.59 Å². The van der Waals surface area contributed by atoms with E-state index in [1.165, 1.54) is 44.9 Å². The number of esters is 2. The number of hydrogen-bond acceptors (Lipinski definition) is 4. The molecular formula is C15H26O4. The zero-order valence-electron chi connectivity index (χ0n) is 12.0. The highest BCUT2D eigenvalue weighted by molar-refractivity contribution is 5.96. The van der Waals surface area contributed by atoms with Crippen LogP contribution in [0.1, 0.15) is 71.1 Å². The summed E-state index contributed by atoms with van der Waals surface area (Å²) in [5.41, 5.74) is 0. The number of hydrogen-bond donors (Lipinski definition) is 0. The third kappa shape index (κ3) is 7.31. The van der Waals surface area contributed by atoms with Gasteiger partial charge in [0.15, 0.2) is 6.10 Å². The molecule has 1 atom stereocenters. The van der Waals surface area contributed by atoms with Gasteiger partial charge in [-0.15, -0.1) is 0 Å². The van der Waals surface area contributed by atoms with Gasteiger partial charge in [0.25, 0.3) is 0 Å². The van der Waals surface area contributed by atoms with E-state index in [1.54, 1.807) is 0 Å². The van der Waals surface area contributed by atoms with Crippen molar-refractivity contribution >= 4 is 11.9 Å². The van der Waals surface area contributed by atoms with E-state index in [0.29, 0.717) is 6.61 Å². The van der Waals surface area contributed by atoms with Gasteiger partial charge in [0, 0.05) is 6.61 Å². The van der Waals surface area contributed by atoms with E-state index in [-0.39, 0.29) is 6.42 Å². The van der Waals surface area contributed by atoms with Crippen molar-refractivity contribution in [3.05, 3.63) is 0 Å². The second-order valence-electron chi connectivity index (χ2n) is 5.19. The summed E-state index contributed by atoms with van der Waals surface area (Å²) < 4.78 is 9.76. The zero-order chi connectivity index (χ0) is 13.9. The molecule has 4 nitrogen and oxygen atoms in total. The molecule has 1 heterocycles. The summed E-state index contributed by atoms with van der Waals surface area (Å²) in [7, 11) is 0. The molecule has 0 bridgehead atoms. The molecule has 4 heteroatoms. The number of ether oxygens (including phenoxy) is 2. The van der Waals surface area contributed by atoms with Crippen LogP contribution in [0.25, 0.3) is 0 Å². The molecule has 1 aliphatic heterocycles. The molecule has 0 N–H and O–H groups in total. The maximum absolute atomic E-state index is 11.1. The molecule has 0 aliphatic carbocycles. The summed E-state index contributed by atoms with van der Waals surface area (Å²) in [5.74, 6) is -0.997. The van der Waals surface area contributed by atoms with Gasteiger partial charge in [-0.25, -0.2) is 4.79 Å². The third-order valence-electron chi connectivity index (χ3n) is 3.40. The molecule has 1 rings (SSSR count). The highest BCUT2D eigenvalue weighted by Crippen LogP contribution is 2.13. The topological polar surface area (TPSA) is 52.6 Å². The average Bonchev–Trinajstić information content (AvgIpc) is 2.70. The number of carbonyl (C=O) groups excluding carboxylic acids is 2. The van der Waals surface area contributed by atoms with Crippen molar-refractivity contribution in [2.24, 2.45) is 0 Å². The van der Waals surface area contributed by atoms with Crippen LogP contribution in [0.15, 0.2) is 0 Å². The first-order valence-electron chi connectivity index (χ1n) is 7.60. The van der Waals surface area contributed by atoms with Gasteiger partial charge in [0.05, 0.1) is 6.42 Å². The third-order valence-corrected chi connectivity index (χ3v) is 3.40. The fourth-order valence-corrected chi connectivity index (χ4v) is 2.22. The van der Waals surface area contributed by atoms with Gasteiger partial charge in [0.1, 0.15) is 0 Å². The Labute approximate surface area is 115 Å². The number of carbonyl (C=O) groups is 2. The van der Waals surface area contributed by atoms with Crippen LogP contribution in [0, 0.1) is 0 Å². The smallest absolute Gasteiger partial charge is 0.343 e. The summed E-state index contributed by atoms with van der Waals surface area (Å²) in [6.07, 6.45) is 10.7. The van der Waals surface area contributed by atoms with Gasteiger partial charge in [-0.05, 0) is 6.42 Å². The van der Waals surface area contributed by atoms with E-state index < -0.39 is 18.0 Å². The van der Waals surface area contributed by atoms with Crippen molar-refractivity contribution in [2.45, 2.75) is 77.2 Å². The lowest BCUT2D eigenvalue weighted by molar-refractivity contribution is -0.155. The Morgan fingerprint density at radius 1 is 1.00 bits per heavy atom. The quantitative estimate of drug-likeness (QED) is 0.328. The SMILES string of the molecule is CCCCCCCCCCCOC1CC(=O)OC1=O. The summed E-state index contributed by atoms with van der Waals surface area (Å²) in [6.45, 7) is 2.77. The van der Waals surface area contributed by atoms with Crippen molar-refractivity contribution in [2.75, 3.05) is 6.61 Å². The highest BCUT2D eigenvalue weighted by atomic mass is 16.6. The normalized spacial score (nSPS) is 18.9. The van der Waals surface area contributed by atoms with Gasteiger partial charge in [-0.2, -0.15) is 0 Å². The minimum atomic E-state index is -0.651. The summed E-state index contributed by atoms with van der Waals surface area (Å²) in [4.78, 5) is 21.9. The average molecular weight is 270 g/mol. The largest absolute Gasteiger partial charge is 0.391 e. The zero-order valence-corrected chi connectivity index (χ0v) is 12.0. The van der Waals surface area contributed by atoms with Crippen molar-refractivity contribution in [1.29, 1.82) is 0 Å². The molecule has 0 aromatic heterocycles. The Morgan fingerprint density at radius 3 is 2.11 bits per heavy atom. The van der Waals surface area contributed by atoms with Crippen LogP contribution in [0.5, 0.6) is 0 Å². The van der Waals surface area contributed by atoms with E-state index in [1.807, 2.05) is 0 Å². The molecule has 0 aromatic rings. The van der Waals surface area contributed by atoms with Crippen LogP contribution in [0.3, 0.4) is 0 Å². The second kappa shape index (κ2) is 9.96. The molecule has 1 unspecified atom stereocenters. The number of unbranched alkanes of at least 4 members (excludes halogenated alkanes) is 8. The molecular weight excluding hydrogens is 244 g/mol. The fourth-order valence-electron chi connectivity index (χ4n) is 2.22. The van der Waals surface area contributed by atoms with Crippen molar-refractivity contribution in [3.63, 3.8) is 0 Å². The fraction of sp³-hybridized carbons (Fsp3) is 0.867. The van der Waals surface area contributed by atoms with Crippen LogP contribution in [0.4, 0.5) is 0 Å². The van der Waals surface area contributed by atoms with Gasteiger partial charge >= 0.3 is 11.9 Å². The highest BCUT2D eigenvalue weighted by Gasteiger charge is 2.33. The molecule has 0 radical (unpaired) electrons. The molecule has 1 saturated heterocycles. The molecule has 0 aromatic carbocycles. The Kier molecular flexibility index (Phi) is 8.47. The minimum absolute atomic E-state index is 0.0796. The van der Waals surface area contributed by atoms with Gasteiger partial charge < -0.3 is 9.47 Å². The predicted octanol–water partition coefficient (Wildman–Crippen LogP) is 3.38. The Morgan fingerprint density at radius 2 is 1.58 bits per heavy atom. The monoisotopic (exact) mass is 270 g/mol. The van der Waals surface area contributed by atoms with Gasteiger partial charge in [-0.3, -0.25) is 4.79 Å². The Bertz CT molecular complexity index is 275. The van der Waals surface area contributed by atoms with Crippen molar-refractivity contribution in [3.8, 4) is 0 Å². The lowest BCUT2D eigenvalue weighted by atomic mass is 10.1. The van der Waals surface area contributed by atoms with Crippen LogP contribution < -0.4 is 0 Å². The van der Waals surface area contributed by atoms with Gasteiger partial charge in [-0.1, -0.05) is 58.3 Å². The maximum atomic E-state index is 11.1. The molecule has 1 fully saturated rings. The first-order valence-corrected chi connectivity index (χ1v) is 7.60. The predicted molar refractivity (Wildman–Crippen MR) is 72.7 cm³/mol. The lowest BCUT2D eigenvalue weighted by Crippen LogP contribution is -2.18. The standard InChI is InChI=1S/C15H26O4/c1-2-3-4-5-6-7-8-9-10-11-18-13-12-14(16)19-15(13)17/h13H,2-12H2,1H3. The van der Waals surface area contributed by atoms with Crippen molar-refractivity contribution < 1.29 is 19.1 Å². The molecule has 19 heavy (non-hydrogen) atoms. The number of cyclic esters (lactones) is 2. The summed E-state index contributed by atoms with van der Waals surface area (Å²) in [5, 5.41) is 0. The molecule has 0 spiro atoms. The van der Waals surface area contributed by atoms with Crippen LogP contribution in [-0.4, -0.2) is 24.6 Å². The van der Waals surface area contributed by atoms with E-state index in [0.717, 1.165) is 12.8 Å². The maximum Gasteiger partial charge on any atom is 0.343 e. The molecule has 0 saturated carbocycles. The molecule has 0 amide bonds. The summed E-state index contributed by atoms with van der Waals surface area (Å²) in [6, 6.07) is 0. The van der Waals surface area contributed by atoms with Crippen LogP contribution in [0.2, 0.25) is 0 Å². The van der Waals surface area contributed by atoms with E-state index >= 15 is 0 Å². The van der Waals surface area contributed by atoms with E-state index in [2.05, 4.69) is 11.7 Å². The molecule has 1 aliphatic rings. The second-order valence-corrected chi connectivity index (χ2v) is 5.19. The first kappa shape index (κ1) is 16.2. The lowest BCUT2D eigenvalue weighted by Gasteiger charge is -2.06. The summed E-state index contributed by atoms with van der Waals surface area (Å²) >= 11 is 0. The molecule has 110 valence electrons. The Hall–Kier alpha value is -0.900. The number of rotatable bonds is 11. The minimum Gasteiger partial charge on any atom is -0.391 e. The van der Waals surface area contributed by atoms with Crippen molar-refractivity contribution in [1.82, 2.24) is 0 Å².